The lowest BCUT2D eigenvalue weighted by Crippen LogP contribution is -2.35. The van der Waals surface area contributed by atoms with Crippen LogP contribution in [0.15, 0.2) is 33.3 Å². The highest BCUT2D eigenvalue weighted by Gasteiger charge is 2.14. The molecule has 0 fully saturated rings. The molecule has 2 rings (SSSR count). The highest BCUT2D eigenvalue weighted by atomic mass is 79.9. The molecule has 0 aliphatic heterocycles. The van der Waals surface area contributed by atoms with Gasteiger partial charge in [0.15, 0.2) is 12.4 Å². The van der Waals surface area contributed by atoms with Crippen LogP contribution in [0.3, 0.4) is 0 Å². The van der Waals surface area contributed by atoms with Crippen LogP contribution in [0.25, 0.3) is 10.9 Å². The van der Waals surface area contributed by atoms with E-state index in [1.807, 2.05) is 32.0 Å². The normalized spacial score (nSPS) is 12.2. The molecule has 0 aliphatic rings. The number of ether oxygens (including phenoxy) is 1. The summed E-state index contributed by atoms with van der Waals surface area (Å²) in [7, 11) is 0. The van der Waals surface area contributed by atoms with Gasteiger partial charge in [-0.25, -0.2) is 0 Å². The minimum absolute atomic E-state index is 0.0315. The highest BCUT2D eigenvalue weighted by Crippen LogP contribution is 2.37. The Morgan fingerprint density at radius 1 is 1.43 bits per heavy atom. The lowest BCUT2D eigenvalue weighted by molar-refractivity contribution is -0.123. The van der Waals surface area contributed by atoms with Crippen LogP contribution in [0.5, 0.6) is 5.75 Å². The number of benzene rings is 1. The highest BCUT2D eigenvalue weighted by molar-refractivity contribution is 9.11. The number of nitrogens with zero attached hydrogens (tertiary/aromatic N) is 1. The average Bonchev–Trinajstić information content (AvgIpc) is 2.46. The predicted molar refractivity (Wildman–Crippen MR) is 90.5 cm³/mol. The third kappa shape index (κ3) is 3.95. The summed E-state index contributed by atoms with van der Waals surface area (Å²) in [5.74, 6) is 0.441. The van der Waals surface area contributed by atoms with E-state index in [4.69, 9.17) is 4.74 Å². The molecule has 0 radical (unpaired) electrons. The Morgan fingerprint density at radius 2 is 2.19 bits per heavy atom. The number of amides is 1. The first-order chi connectivity index (χ1) is 10.0. The molecule has 112 valence electrons. The van der Waals surface area contributed by atoms with Crippen LogP contribution in [0.1, 0.15) is 20.3 Å². The second-order valence-corrected chi connectivity index (χ2v) is 6.44. The number of pyridine rings is 1. The van der Waals surface area contributed by atoms with Gasteiger partial charge >= 0.3 is 0 Å². The van der Waals surface area contributed by atoms with E-state index in [0.29, 0.717) is 5.75 Å². The fourth-order valence-electron chi connectivity index (χ4n) is 1.84. The first kappa shape index (κ1) is 16.2. The third-order valence-electron chi connectivity index (χ3n) is 3.12. The van der Waals surface area contributed by atoms with Crippen molar-refractivity contribution in [1.29, 1.82) is 0 Å². The van der Waals surface area contributed by atoms with Crippen LogP contribution in [-0.4, -0.2) is 23.5 Å². The van der Waals surface area contributed by atoms with Crippen molar-refractivity contribution >= 4 is 48.7 Å². The minimum Gasteiger partial charge on any atom is -0.480 e. The number of fused-ring (bicyclic) bond motifs is 1. The van der Waals surface area contributed by atoms with E-state index in [1.54, 1.807) is 6.20 Å². The first-order valence-corrected chi connectivity index (χ1v) is 8.26. The lowest BCUT2D eigenvalue weighted by atomic mass is 10.2. The Kier molecular flexibility index (Phi) is 5.58. The second-order valence-electron chi connectivity index (χ2n) is 4.73. The van der Waals surface area contributed by atoms with E-state index >= 15 is 0 Å². The molecule has 0 unspecified atom stereocenters. The van der Waals surface area contributed by atoms with Crippen molar-refractivity contribution in [2.75, 3.05) is 6.61 Å². The number of carbonyl (C=O) groups is 1. The summed E-state index contributed by atoms with van der Waals surface area (Å²) in [5, 5.41) is 3.81. The molecular formula is C15H16Br2N2O2. The van der Waals surface area contributed by atoms with Gasteiger partial charge in [-0.2, -0.15) is 0 Å². The Balaban J connectivity index is 2.21. The van der Waals surface area contributed by atoms with Crippen molar-refractivity contribution in [2.24, 2.45) is 0 Å². The van der Waals surface area contributed by atoms with Crippen LogP contribution in [0, 0.1) is 0 Å². The maximum absolute atomic E-state index is 11.8. The third-order valence-corrected chi connectivity index (χ3v) is 4.36. The lowest BCUT2D eigenvalue weighted by Gasteiger charge is -2.14. The monoisotopic (exact) mass is 414 g/mol. The zero-order chi connectivity index (χ0) is 15.4. The molecule has 0 bridgehead atoms. The fourth-order valence-corrected chi connectivity index (χ4v) is 3.23. The summed E-state index contributed by atoms with van der Waals surface area (Å²) in [4.78, 5) is 16.2. The molecule has 1 atom stereocenters. The average molecular weight is 416 g/mol. The van der Waals surface area contributed by atoms with E-state index in [1.165, 1.54) is 0 Å². The zero-order valence-electron chi connectivity index (χ0n) is 11.8. The number of nitrogens with one attached hydrogen (secondary N) is 1. The van der Waals surface area contributed by atoms with Crippen molar-refractivity contribution in [1.82, 2.24) is 10.3 Å². The number of carbonyl (C=O) groups excluding carboxylic acids is 1. The minimum atomic E-state index is -0.136. The summed E-state index contributed by atoms with van der Waals surface area (Å²) < 4.78 is 7.36. The molecule has 6 heteroatoms. The van der Waals surface area contributed by atoms with Crippen molar-refractivity contribution in [2.45, 2.75) is 26.3 Å². The van der Waals surface area contributed by atoms with Crippen LogP contribution >= 0.6 is 31.9 Å². The zero-order valence-corrected chi connectivity index (χ0v) is 15.0. The number of hydrogen-bond acceptors (Lipinski definition) is 3. The molecule has 1 aromatic carbocycles. The van der Waals surface area contributed by atoms with Crippen molar-refractivity contribution < 1.29 is 9.53 Å². The number of aromatic nitrogens is 1. The van der Waals surface area contributed by atoms with Gasteiger partial charge in [-0.3, -0.25) is 9.78 Å². The van der Waals surface area contributed by atoms with E-state index < -0.39 is 0 Å². The number of rotatable bonds is 5. The van der Waals surface area contributed by atoms with Crippen molar-refractivity contribution in [3.8, 4) is 5.75 Å². The molecule has 0 aliphatic carbocycles. The number of halogens is 2. The second kappa shape index (κ2) is 7.22. The Bertz CT molecular complexity index is 661. The van der Waals surface area contributed by atoms with Crippen LogP contribution < -0.4 is 10.1 Å². The summed E-state index contributed by atoms with van der Waals surface area (Å²) >= 11 is 6.96. The molecule has 2 aromatic rings. The van der Waals surface area contributed by atoms with Gasteiger partial charge in [0, 0.05) is 22.1 Å². The molecule has 0 saturated heterocycles. The van der Waals surface area contributed by atoms with Gasteiger partial charge in [0.25, 0.3) is 5.91 Å². The standard InChI is InChI=1S/C15H16Br2N2O2/c1-3-9(2)19-13(20)8-21-15-12(17)7-11(16)10-5-4-6-18-14(10)15/h4-7,9H,3,8H2,1-2H3,(H,19,20)/t9-/m1/s1. The van der Waals surface area contributed by atoms with E-state index in [2.05, 4.69) is 42.2 Å². The van der Waals surface area contributed by atoms with Crippen LogP contribution in [-0.2, 0) is 4.79 Å². The maximum atomic E-state index is 11.8. The van der Waals surface area contributed by atoms with Gasteiger partial charge < -0.3 is 10.1 Å². The fraction of sp³-hybridized carbons (Fsp3) is 0.333. The SMILES string of the molecule is CC[C@@H](C)NC(=O)COc1c(Br)cc(Br)c2cccnc12. The molecular weight excluding hydrogens is 400 g/mol. The smallest absolute Gasteiger partial charge is 0.258 e. The molecule has 4 nitrogen and oxygen atoms in total. The maximum Gasteiger partial charge on any atom is 0.258 e. The predicted octanol–water partition coefficient (Wildman–Crippen LogP) is 4.05. The summed E-state index contributed by atoms with van der Waals surface area (Å²) in [6.07, 6.45) is 2.59. The summed E-state index contributed by atoms with van der Waals surface area (Å²) in [6, 6.07) is 5.85. The molecule has 1 N–H and O–H groups in total. The van der Waals surface area contributed by atoms with Gasteiger partial charge in [0.05, 0.1) is 4.47 Å². The molecule has 0 saturated carbocycles. The Labute approximate surface area is 140 Å². The van der Waals surface area contributed by atoms with Crippen molar-refractivity contribution in [3.05, 3.63) is 33.3 Å². The van der Waals surface area contributed by atoms with Gasteiger partial charge in [0.2, 0.25) is 0 Å². The Morgan fingerprint density at radius 3 is 2.90 bits per heavy atom. The topological polar surface area (TPSA) is 51.2 Å². The molecule has 1 heterocycles. The van der Waals surface area contributed by atoms with E-state index in [9.17, 15) is 4.79 Å². The van der Waals surface area contributed by atoms with Gasteiger partial charge in [-0.05, 0) is 41.4 Å². The van der Waals surface area contributed by atoms with Crippen LogP contribution in [0.4, 0.5) is 0 Å². The van der Waals surface area contributed by atoms with Gasteiger partial charge in [-0.1, -0.05) is 28.9 Å². The molecule has 1 amide bonds. The summed E-state index contributed by atoms with van der Waals surface area (Å²) in [5.41, 5.74) is 0.718. The quantitative estimate of drug-likeness (QED) is 0.801. The molecule has 21 heavy (non-hydrogen) atoms. The first-order valence-electron chi connectivity index (χ1n) is 6.67. The van der Waals surface area contributed by atoms with E-state index in [-0.39, 0.29) is 18.6 Å². The Hall–Kier alpha value is -1.14. The van der Waals surface area contributed by atoms with Crippen LogP contribution in [0.2, 0.25) is 0 Å². The van der Waals surface area contributed by atoms with Gasteiger partial charge in [0.1, 0.15) is 5.52 Å². The summed E-state index contributed by atoms with van der Waals surface area (Å²) in [6.45, 7) is 3.95. The van der Waals surface area contributed by atoms with E-state index in [0.717, 1.165) is 26.3 Å². The largest absolute Gasteiger partial charge is 0.480 e. The van der Waals surface area contributed by atoms with Gasteiger partial charge in [-0.15, -0.1) is 0 Å². The number of hydrogen-bond donors (Lipinski definition) is 1. The molecule has 0 spiro atoms. The van der Waals surface area contributed by atoms with Crippen molar-refractivity contribution in [3.63, 3.8) is 0 Å². The molecule has 1 aromatic heterocycles.